The number of allylic oxidation sites excluding steroid dienone is 1. The maximum absolute atomic E-state index is 12.0. The standard InChI is InChI=1S/C25H38O5/c1-14-23(28)20(27)13-22(29-14)30-21-7-6-18-17-5-4-15-12-16(26)8-10-24(15,2)19(17)9-11-25(18,21)3/h12,14,17-23,27-28H,4-11,13H2,1-3H3/t14-,17-,18-,19-,20-,21-,22-,23-,24-,25-/m0/s1. The van der Waals surface area contributed by atoms with Gasteiger partial charge in [-0.1, -0.05) is 19.4 Å². The third kappa shape index (κ3) is 3.15. The van der Waals surface area contributed by atoms with Crippen molar-refractivity contribution in [3.63, 3.8) is 0 Å². The van der Waals surface area contributed by atoms with Crippen LogP contribution in [0.25, 0.3) is 0 Å². The first-order valence-corrected chi connectivity index (χ1v) is 12.1. The van der Waals surface area contributed by atoms with E-state index in [9.17, 15) is 15.0 Å². The molecule has 3 saturated carbocycles. The van der Waals surface area contributed by atoms with Crippen molar-refractivity contribution in [2.75, 3.05) is 0 Å². The van der Waals surface area contributed by atoms with Gasteiger partial charge in [0.1, 0.15) is 6.10 Å². The first-order valence-electron chi connectivity index (χ1n) is 12.1. The highest BCUT2D eigenvalue weighted by molar-refractivity contribution is 5.91. The Morgan fingerprint density at radius 2 is 1.87 bits per heavy atom. The van der Waals surface area contributed by atoms with Crippen LogP contribution in [0.2, 0.25) is 0 Å². The summed E-state index contributed by atoms with van der Waals surface area (Å²) in [6.07, 6.45) is 8.66. The van der Waals surface area contributed by atoms with E-state index in [1.54, 1.807) is 6.92 Å². The number of rotatable bonds is 2. The molecule has 2 N–H and O–H groups in total. The average Bonchev–Trinajstić information content (AvgIpc) is 3.03. The van der Waals surface area contributed by atoms with E-state index >= 15 is 0 Å². The van der Waals surface area contributed by atoms with Gasteiger partial charge in [0, 0.05) is 12.8 Å². The van der Waals surface area contributed by atoms with E-state index in [-0.39, 0.29) is 16.9 Å². The van der Waals surface area contributed by atoms with Crippen LogP contribution in [0.15, 0.2) is 11.6 Å². The zero-order valence-corrected chi connectivity index (χ0v) is 18.7. The lowest BCUT2D eigenvalue weighted by Crippen LogP contribution is -2.53. The molecule has 168 valence electrons. The summed E-state index contributed by atoms with van der Waals surface area (Å²) in [4.78, 5) is 12.0. The third-order valence-corrected chi connectivity index (χ3v) is 9.87. The minimum absolute atomic E-state index is 0.150. The molecule has 0 amide bonds. The second-order valence-electron chi connectivity index (χ2n) is 11.3. The molecular weight excluding hydrogens is 380 g/mol. The number of aliphatic hydroxyl groups is 2. The van der Waals surface area contributed by atoms with E-state index in [1.807, 2.05) is 6.08 Å². The van der Waals surface area contributed by atoms with Crippen LogP contribution in [0.5, 0.6) is 0 Å². The molecule has 0 radical (unpaired) electrons. The monoisotopic (exact) mass is 418 g/mol. The fraction of sp³-hybridized carbons (Fsp3) is 0.880. The molecule has 0 aromatic carbocycles. The van der Waals surface area contributed by atoms with Crippen molar-refractivity contribution >= 4 is 5.78 Å². The van der Waals surface area contributed by atoms with Crippen molar-refractivity contribution in [1.82, 2.24) is 0 Å². The van der Waals surface area contributed by atoms with Crippen LogP contribution in [-0.4, -0.2) is 46.7 Å². The van der Waals surface area contributed by atoms with Crippen LogP contribution in [0.4, 0.5) is 0 Å². The lowest BCUT2D eigenvalue weighted by molar-refractivity contribution is -0.272. The molecule has 0 unspecified atom stereocenters. The SMILES string of the molecule is C[C@@H]1O[C@@H](O[C@H]2CC[C@H]3[C@@H]4CCC5=CC(=O)CC[C@]5(C)[C@H]4CC[C@]23C)C[C@H](O)[C@H]1O. The first kappa shape index (κ1) is 21.1. The number of carbonyl (C=O) groups excluding carboxylic acids is 1. The van der Waals surface area contributed by atoms with Crippen LogP contribution in [-0.2, 0) is 14.3 Å². The van der Waals surface area contributed by atoms with Crippen molar-refractivity contribution in [3.05, 3.63) is 11.6 Å². The van der Waals surface area contributed by atoms with Crippen molar-refractivity contribution in [3.8, 4) is 0 Å². The predicted octanol–water partition coefficient (Wildman–Crippen LogP) is 3.76. The molecule has 5 aliphatic rings. The average molecular weight is 419 g/mol. The minimum Gasteiger partial charge on any atom is -0.390 e. The smallest absolute Gasteiger partial charge is 0.161 e. The number of ketones is 1. The van der Waals surface area contributed by atoms with Gasteiger partial charge in [0.2, 0.25) is 0 Å². The highest BCUT2D eigenvalue weighted by Gasteiger charge is 2.59. The van der Waals surface area contributed by atoms with Crippen molar-refractivity contribution in [2.24, 2.45) is 28.6 Å². The molecule has 4 aliphatic carbocycles. The summed E-state index contributed by atoms with van der Waals surface area (Å²) in [6, 6.07) is 0. The van der Waals surface area contributed by atoms with Gasteiger partial charge >= 0.3 is 0 Å². The van der Waals surface area contributed by atoms with Crippen LogP contribution in [0.1, 0.15) is 78.6 Å². The van der Waals surface area contributed by atoms with Gasteiger partial charge in [0.05, 0.1) is 18.3 Å². The van der Waals surface area contributed by atoms with E-state index in [0.29, 0.717) is 36.4 Å². The Balaban J connectivity index is 1.32. The Hall–Kier alpha value is -0.750. The molecule has 30 heavy (non-hydrogen) atoms. The van der Waals surface area contributed by atoms with E-state index in [0.717, 1.165) is 25.7 Å². The van der Waals surface area contributed by atoms with E-state index in [2.05, 4.69) is 13.8 Å². The molecule has 1 heterocycles. The largest absolute Gasteiger partial charge is 0.390 e. The Labute approximate surface area is 180 Å². The van der Waals surface area contributed by atoms with E-state index in [1.165, 1.54) is 24.8 Å². The summed E-state index contributed by atoms with van der Waals surface area (Å²) in [5.74, 6) is 2.38. The molecule has 4 fully saturated rings. The topological polar surface area (TPSA) is 76.0 Å². The molecule has 1 aliphatic heterocycles. The summed E-state index contributed by atoms with van der Waals surface area (Å²) in [5.41, 5.74) is 1.78. The van der Waals surface area contributed by atoms with E-state index in [4.69, 9.17) is 9.47 Å². The van der Waals surface area contributed by atoms with Crippen molar-refractivity contribution < 1.29 is 24.5 Å². The highest BCUT2D eigenvalue weighted by atomic mass is 16.7. The molecule has 5 nitrogen and oxygen atoms in total. The highest BCUT2D eigenvalue weighted by Crippen LogP contribution is 2.65. The zero-order valence-electron chi connectivity index (χ0n) is 18.7. The maximum atomic E-state index is 12.0. The lowest BCUT2D eigenvalue weighted by atomic mass is 9.47. The molecule has 0 aromatic heterocycles. The van der Waals surface area contributed by atoms with Gasteiger partial charge in [0.15, 0.2) is 12.1 Å². The maximum Gasteiger partial charge on any atom is 0.161 e. The van der Waals surface area contributed by atoms with Crippen LogP contribution >= 0.6 is 0 Å². The quantitative estimate of drug-likeness (QED) is 0.714. The molecule has 0 spiro atoms. The van der Waals surface area contributed by atoms with Crippen molar-refractivity contribution in [1.29, 1.82) is 0 Å². The molecule has 10 atom stereocenters. The number of aliphatic hydroxyl groups excluding tert-OH is 2. The van der Waals surface area contributed by atoms with Crippen molar-refractivity contribution in [2.45, 2.75) is 109 Å². The van der Waals surface area contributed by atoms with Gasteiger partial charge < -0.3 is 19.7 Å². The number of carbonyl (C=O) groups is 1. The summed E-state index contributed by atoms with van der Waals surface area (Å²) in [7, 11) is 0. The Morgan fingerprint density at radius 3 is 2.63 bits per heavy atom. The summed E-state index contributed by atoms with van der Waals surface area (Å²) in [5, 5.41) is 20.1. The molecule has 5 rings (SSSR count). The zero-order chi connectivity index (χ0) is 21.3. The minimum atomic E-state index is -0.834. The number of hydrogen-bond donors (Lipinski definition) is 2. The molecular formula is C25H38O5. The second-order valence-corrected chi connectivity index (χ2v) is 11.3. The fourth-order valence-corrected chi connectivity index (χ4v) is 8.03. The molecule has 0 bridgehead atoms. The molecule has 1 saturated heterocycles. The Kier molecular flexibility index (Phi) is 5.21. The Morgan fingerprint density at radius 1 is 1.07 bits per heavy atom. The second kappa shape index (κ2) is 7.40. The van der Waals surface area contributed by atoms with Gasteiger partial charge in [0.25, 0.3) is 0 Å². The van der Waals surface area contributed by atoms with Gasteiger partial charge in [-0.3, -0.25) is 4.79 Å². The number of ether oxygens (including phenoxy) is 2. The van der Waals surface area contributed by atoms with Gasteiger partial charge in [-0.15, -0.1) is 0 Å². The van der Waals surface area contributed by atoms with Crippen LogP contribution in [0, 0.1) is 28.6 Å². The van der Waals surface area contributed by atoms with Gasteiger partial charge in [-0.25, -0.2) is 0 Å². The Bertz CT molecular complexity index is 721. The molecule has 0 aromatic rings. The normalized spacial score (nSPS) is 53.5. The molecule has 5 heteroatoms. The summed E-state index contributed by atoms with van der Waals surface area (Å²) < 4.78 is 12.4. The lowest BCUT2D eigenvalue weighted by Gasteiger charge is -2.58. The summed E-state index contributed by atoms with van der Waals surface area (Å²) in [6.45, 7) is 6.65. The van der Waals surface area contributed by atoms with Crippen LogP contribution < -0.4 is 0 Å². The van der Waals surface area contributed by atoms with Gasteiger partial charge in [-0.05, 0) is 86.5 Å². The fourth-order valence-electron chi connectivity index (χ4n) is 8.03. The first-order chi connectivity index (χ1) is 14.2. The van der Waals surface area contributed by atoms with Crippen LogP contribution in [0.3, 0.4) is 0 Å². The van der Waals surface area contributed by atoms with Gasteiger partial charge in [-0.2, -0.15) is 0 Å². The number of hydrogen-bond acceptors (Lipinski definition) is 5. The third-order valence-electron chi connectivity index (χ3n) is 9.87. The number of fused-ring (bicyclic) bond motifs is 5. The summed E-state index contributed by atoms with van der Waals surface area (Å²) >= 11 is 0. The predicted molar refractivity (Wildman–Crippen MR) is 113 cm³/mol. The van der Waals surface area contributed by atoms with E-state index < -0.39 is 24.6 Å².